The molecule has 32 nitrogen and oxygen atoms in total. The van der Waals surface area contributed by atoms with E-state index in [4.69, 9.17) is 14.2 Å². The molecule has 12 unspecified atom stereocenters. The molecule has 0 spiro atoms. The first kappa shape index (κ1) is 83.4. The fraction of sp³-hybridized carbons (Fsp3) is 0.435. The fourth-order valence-electron chi connectivity index (χ4n) is 19.2. The molecule has 6 saturated carbocycles. The van der Waals surface area contributed by atoms with Crippen LogP contribution in [0.5, 0.6) is 0 Å². The topological polar surface area (TPSA) is 442 Å². The summed E-state index contributed by atoms with van der Waals surface area (Å²) in [7, 11) is 1.98. The summed E-state index contributed by atoms with van der Waals surface area (Å²) in [6, 6.07) is 40.0. The third kappa shape index (κ3) is 20.5. The summed E-state index contributed by atoms with van der Waals surface area (Å²) in [5, 5.41) is 65.2. The molecule has 6 aliphatic carbocycles. The molecule has 7 aliphatic rings. The van der Waals surface area contributed by atoms with Crippen molar-refractivity contribution in [3.63, 3.8) is 0 Å². The number of aryl methyl sites for hydroxylation is 2. The minimum atomic E-state index is -0.0860. The lowest BCUT2D eigenvalue weighted by Gasteiger charge is -2.32. The van der Waals surface area contributed by atoms with Crippen LogP contribution in [-0.4, -0.2) is 152 Å². The number of aromatic amines is 11. The monoisotopic (exact) mass is 1710 g/mol. The minimum absolute atomic E-state index is 0.0459. The van der Waals surface area contributed by atoms with Crippen molar-refractivity contribution in [1.82, 2.24) is 95.9 Å². The Bertz CT molecular complexity index is 6440. The van der Waals surface area contributed by atoms with E-state index < -0.39 is 0 Å². The Balaban J connectivity index is 0.000000106. The van der Waals surface area contributed by atoms with Gasteiger partial charge in [-0.05, 0) is 258 Å². The van der Waals surface area contributed by atoms with Crippen molar-refractivity contribution >= 4 is 94.4 Å². The highest BCUT2D eigenvalue weighted by molar-refractivity contribution is 7.15. The number of nitrogens with zero attached hydrogens (tertiary/aromatic N) is 8. The zero-order chi connectivity index (χ0) is 85.5. The molecule has 10 aromatic heterocycles. The van der Waals surface area contributed by atoms with Crippen LogP contribution >= 0.6 is 11.3 Å². The molecule has 125 heavy (non-hydrogen) atoms. The zero-order valence-corrected chi connectivity index (χ0v) is 71.6. The Morgan fingerprint density at radius 3 is 1.82 bits per heavy atom. The second kappa shape index (κ2) is 37.5. The van der Waals surface area contributed by atoms with E-state index in [2.05, 4.69) is 181 Å². The van der Waals surface area contributed by atoms with Gasteiger partial charge < -0.3 is 45.4 Å². The molecule has 0 bridgehead atoms. The van der Waals surface area contributed by atoms with Gasteiger partial charge in [0.25, 0.3) is 27.8 Å². The zero-order valence-electron chi connectivity index (χ0n) is 70.7. The highest BCUT2D eigenvalue weighted by atomic mass is 32.1. The van der Waals surface area contributed by atoms with Crippen LogP contribution in [0.15, 0.2) is 177 Å². The van der Waals surface area contributed by atoms with Gasteiger partial charge in [0.05, 0.1) is 111 Å². The number of imidazole rings is 1. The van der Waals surface area contributed by atoms with Crippen molar-refractivity contribution in [3.8, 4) is 0 Å². The molecule has 16 N–H and O–H groups in total. The number of hydrogen-bond acceptors (Lipinski definition) is 21. The third-order valence-corrected chi connectivity index (χ3v) is 27.2. The highest BCUT2D eigenvalue weighted by Gasteiger charge is 2.46. The summed E-state index contributed by atoms with van der Waals surface area (Å²) in [6.45, 7) is 10.1. The highest BCUT2D eigenvalue weighted by Crippen LogP contribution is 2.54. The maximum Gasteiger partial charge on any atom is 0.271 e. The summed E-state index contributed by atoms with van der Waals surface area (Å²) in [5.74, 6) is 7.62. The van der Waals surface area contributed by atoms with Crippen LogP contribution in [0.2, 0.25) is 0 Å². The van der Waals surface area contributed by atoms with Crippen molar-refractivity contribution in [3.05, 3.63) is 243 Å². The fourth-order valence-corrected chi connectivity index (χ4v) is 20.0. The lowest BCUT2D eigenvalue weighted by Crippen LogP contribution is -2.36. The van der Waals surface area contributed by atoms with Crippen molar-refractivity contribution in [2.24, 2.45) is 36.6 Å². The van der Waals surface area contributed by atoms with E-state index in [1.807, 2.05) is 109 Å². The molecule has 0 amide bonds. The van der Waals surface area contributed by atoms with Gasteiger partial charge in [-0.2, -0.15) is 10.2 Å². The molecule has 7 fully saturated rings. The van der Waals surface area contributed by atoms with Crippen molar-refractivity contribution in [1.29, 1.82) is 0 Å². The quantitative estimate of drug-likeness (QED) is 0.0267. The second-order valence-corrected chi connectivity index (χ2v) is 36.9. The Morgan fingerprint density at radius 2 is 1.16 bits per heavy atom. The maximum absolute atomic E-state index is 11.7. The van der Waals surface area contributed by atoms with Crippen LogP contribution in [0, 0.1) is 36.5 Å². The lowest BCUT2D eigenvalue weighted by atomic mass is 9.72. The van der Waals surface area contributed by atoms with E-state index in [0.717, 1.165) is 143 Å². The number of ether oxygens (including phenoxy) is 3. The van der Waals surface area contributed by atoms with Gasteiger partial charge >= 0.3 is 0 Å². The first-order valence-electron chi connectivity index (χ1n) is 44.0. The molecule has 5 aromatic carbocycles. The van der Waals surface area contributed by atoms with Crippen LogP contribution in [0.4, 0.5) is 28.5 Å². The molecule has 15 aromatic rings. The number of H-pyrrole nitrogens is 11. The first-order chi connectivity index (χ1) is 60.9. The van der Waals surface area contributed by atoms with E-state index in [9.17, 15) is 24.0 Å². The maximum atomic E-state index is 11.7. The molecule has 1 saturated heterocycles. The minimum Gasteiger partial charge on any atom is -0.379 e. The number of fused-ring (bicyclic) bond motifs is 5. The SMILES string of the molecule is CC(C)(c1ccc2c(=O)[nH][nH]c2c1)C1CCC(Nc2ccccn2)C1.Cc1cnc(NC2CCC(Cc3ccc4c(=O)[nH][nH]c4c3)C2)s1.Cn1cnc(NC2CCC(COCc3ccc4c(=O)[nH][nH]c4c3)C2)c1.O=c1[nH][nH]c2cc(C3CC3C3COCC(Nc4nccnn4)C3)ccc12.O=c1[nH][nH]c2cc(COC3CCCC3Nc3cc(C4CC4)[nH]n3)ccc12. The molecule has 12 atom stereocenters. The molecule has 22 rings (SSSR count). The molecule has 33 heteroatoms. The van der Waals surface area contributed by atoms with Gasteiger partial charge in [0.15, 0.2) is 5.13 Å². The molecular weight excluding hydrogens is 1600 g/mol. The van der Waals surface area contributed by atoms with E-state index >= 15 is 0 Å². The Kier molecular flexibility index (Phi) is 25.1. The predicted molar refractivity (Wildman–Crippen MR) is 487 cm³/mol. The van der Waals surface area contributed by atoms with Gasteiger partial charge in [0.1, 0.15) is 17.5 Å². The number of benzene rings is 5. The number of thiazole rings is 1. The van der Waals surface area contributed by atoms with E-state index in [-0.39, 0.29) is 45.4 Å². The van der Waals surface area contributed by atoms with Crippen molar-refractivity contribution in [2.45, 2.75) is 197 Å². The second-order valence-electron chi connectivity index (χ2n) is 35.7. The van der Waals surface area contributed by atoms with Gasteiger partial charge in [-0.25, -0.2) is 19.9 Å². The van der Waals surface area contributed by atoms with E-state index in [0.29, 0.717) is 108 Å². The predicted octanol–water partition coefficient (Wildman–Crippen LogP) is 14.3. The molecular formula is C92H110N24O8S. The standard InChI is InChI=1S/C20H24N4O.C19H23N5O2.C18H20N6O2.C18H23N5O2.C17H20N4OS/c1-20(2,14-7-9-16-17(12-14)23-24-19(16)25)13-6-8-15(11-13)22-18-5-3-4-10-21-18;25-19-13-7-4-11(8-16(13)22-24-19)10-26-17-3-1-2-14(17)20-18-9-15(21-23-18)12-5-6-12;25-17-13-2-1-10(6-16(13)22-23-17)14-7-15(14)11-5-12(9-26-8-11)21-18-19-3-4-20-24-18;1-23-8-17(19-11-23)20-14-4-2-12(6-14)9-25-10-13-3-5-15-16(7-13)21-22-18(15)24;1-10-9-18-17(23-10)19-13-4-2-11(7-13)6-12-3-5-14-15(8-12)20-21-16(14)22/h3-5,7,9-10,12-13,15H,6,8,11H2,1-2H3,(H,21,22)(H2,23,24,25);4,7-9,12,14,17H,1-3,5-6,10H2,(H2,20,21,23)(H2,22,24,25);1-4,6,11-12,14-15H,5,7-9H2,(H,19,21,24)(H2,22,23,25);3,5,7-8,11-12,14,20H,2,4,6,9-10H2,1H3,(H2,21,22,24);3,5,8-9,11,13H,2,4,6-7H2,1H3,(H,18,19)(H2,20,21,22). The number of pyridine rings is 1. The summed E-state index contributed by atoms with van der Waals surface area (Å²) in [5.41, 5.74) is 11.3. The summed E-state index contributed by atoms with van der Waals surface area (Å²) < 4.78 is 19.9. The number of hydrogen-bond donors (Lipinski definition) is 16. The van der Waals surface area contributed by atoms with Crippen LogP contribution < -0.4 is 54.4 Å². The van der Waals surface area contributed by atoms with Crippen LogP contribution in [-0.2, 0) is 46.3 Å². The normalized spacial score (nSPS) is 22.8. The van der Waals surface area contributed by atoms with Gasteiger partial charge in [-0.15, -0.1) is 16.4 Å². The Labute approximate surface area is 723 Å². The molecule has 652 valence electrons. The largest absolute Gasteiger partial charge is 0.379 e. The Morgan fingerprint density at radius 1 is 0.528 bits per heavy atom. The third-order valence-electron chi connectivity index (χ3n) is 26.3. The van der Waals surface area contributed by atoms with Crippen molar-refractivity contribution < 1.29 is 14.2 Å². The number of rotatable bonds is 24. The van der Waals surface area contributed by atoms with Gasteiger partial charge in [0.2, 0.25) is 5.95 Å². The van der Waals surface area contributed by atoms with Gasteiger partial charge in [-0.3, -0.25) is 80.1 Å². The van der Waals surface area contributed by atoms with Gasteiger partial charge in [0, 0.05) is 79.5 Å². The van der Waals surface area contributed by atoms with E-state index in [1.165, 1.54) is 78.6 Å². The van der Waals surface area contributed by atoms with Crippen molar-refractivity contribution in [2.75, 3.05) is 46.4 Å². The number of anilines is 5. The van der Waals surface area contributed by atoms with E-state index in [1.54, 1.807) is 23.7 Å². The first-order valence-corrected chi connectivity index (χ1v) is 44.8. The van der Waals surface area contributed by atoms with Crippen LogP contribution in [0.1, 0.15) is 167 Å². The molecule has 0 radical (unpaired) electrons. The average Bonchev–Trinajstić information content (AvgIpc) is 1.62. The summed E-state index contributed by atoms with van der Waals surface area (Å²) in [4.78, 5) is 76.5. The molecule has 11 heterocycles. The number of nitrogens with one attached hydrogen (secondary N) is 16. The number of aromatic nitrogens is 19. The van der Waals surface area contributed by atoms with Crippen LogP contribution in [0.3, 0.4) is 0 Å². The lowest BCUT2D eigenvalue weighted by molar-refractivity contribution is 0.0372. The summed E-state index contributed by atoms with van der Waals surface area (Å²) in [6.07, 6.45) is 30.6. The Hall–Kier alpha value is -12.5. The average molecular weight is 1710 g/mol. The molecule has 1 aliphatic heterocycles. The van der Waals surface area contributed by atoms with Gasteiger partial charge in [-0.1, -0.05) is 50.2 Å². The van der Waals surface area contributed by atoms with Crippen LogP contribution in [0.25, 0.3) is 54.5 Å². The smallest absolute Gasteiger partial charge is 0.271 e. The summed E-state index contributed by atoms with van der Waals surface area (Å²) >= 11 is 1.72.